The molecule has 5 atom stereocenters. The summed E-state index contributed by atoms with van der Waals surface area (Å²) in [5, 5.41) is 12.1. The Labute approximate surface area is 228 Å². The molecule has 2 aromatic rings. The molecule has 2 bridgehead atoms. The van der Waals surface area contributed by atoms with Gasteiger partial charge in [-0.2, -0.15) is 0 Å². The lowest BCUT2D eigenvalue weighted by Gasteiger charge is -2.21. The Balaban J connectivity index is 1.12. The highest BCUT2D eigenvalue weighted by Gasteiger charge is 2.80. The number of ether oxygens (including phenoxy) is 1. The number of carbonyl (C=O) groups excluding carboxylic acids is 1. The van der Waals surface area contributed by atoms with E-state index >= 15 is 0 Å². The minimum atomic E-state index is -1.05. The van der Waals surface area contributed by atoms with Gasteiger partial charge in [0.15, 0.2) is 5.69 Å². The first-order valence-electron chi connectivity index (χ1n) is 14.6. The highest BCUT2D eigenvalue weighted by Crippen LogP contribution is 2.73. The largest absolute Gasteiger partial charge is 0.478 e. The number of rotatable bonds is 11. The Kier molecular flexibility index (Phi) is 7.31. The molecule has 8 heteroatoms. The van der Waals surface area contributed by atoms with Crippen molar-refractivity contribution in [3.05, 3.63) is 59.1 Å². The van der Waals surface area contributed by atoms with Crippen LogP contribution in [0.3, 0.4) is 0 Å². The molecule has 1 aromatic carbocycles. The topological polar surface area (TPSA) is 102 Å². The average molecular weight is 537 g/mol. The fraction of sp³-hybridized carbons (Fsp3) is 0.581. The van der Waals surface area contributed by atoms with Crippen molar-refractivity contribution in [3.63, 3.8) is 0 Å². The van der Waals surface area contributed by atoms with Crippen LogP contribution in [-0.4, -0.2) is 40.7 Å². The van der Waals surface area contributed by atoms with E-state index in [1.54, 1.807) is 6.07 Å². The van der Waals surface area contributed by atoms with Gasteiger partial charge in [-0.25, -0.2) is 14.2 Å². The zero-order chi connectivity index (χ0) is 27.0. The molecule has 4 fully saturated rings. The number of carboxylic acid groups (broad SMARTS) is 1. The zero-order valence-corrected chi connectivity index (χ0v) is 22.2. The van der Waals surface area contributed by atoms with Crippen LogP contribution in [0, 0.1) is 23.6 Å². The third kappa shape index (κ3) is 5.04. The van der Waals surface area contributed by atoms with Crippen LogP contribution in [-0.2, 0) is 21.4 Å². The summed E-state index contributed by atoms with van der Waals surface area (Å²) in [7, 11) is 0. The predicted molar refractivity (Wildman–Crippen MR) is 143 cm³/mol. The van der Waals surface area contributed by atoms with E-state index in [0.29, 0.717) is 24.4 Å². The Hall–Kier alpha value is -3.00. The molecule has 0 radical (unpaired) electrons. The lowest BCUT2D eigenvalue weighted by atomic mass is 9.86. The van der Waals surface area contributed by atoms with Crippen LogP contribution in [0.1, 0.15) is 91.7 Å². The van der Waals surface area contributed by atoms with Crippen LogP contribution in [0.15, 0.2) is 35.0 Å². The van der Waals surface area contributed by atoms with Crippen LogP contribution < -0.4 is 5.32 Å². The van der Waals surface area contributed by atoms with Gasteiger partial charge in [-0.1, -0.05) is 51.0 Å². The van der Waals surface area contributed by atoms with Gasteiger partial charge in [-0.3, -0.25) is 4.79 Å². The molecule has 5 unspecified atom stereocenters. The number of amides is 1. The molecule has 2 saturated heterocycles. The highest BCUT2D eigenvalue weighted by molar-refractivity contribution is 5.92. The summed E-state index contributed by atoms with van der Waals surface area (Å²) in [4.78, 5) is 28.6. The number of carboxylic acids is 1. The maximum Gasteiger partial charge on any atom is 0.328 e. The van der Waals surface area contributed by atoms with Gasteiger partial charge in [0.2, 0.25) is 5.89 Å². The first kappa shape index (κ1) is 26.2. The summed E-state index contributed by atoms with van der Waals surface area (Å²) in [6.07, 6.45) is 16.6. The Morgan fingerprint density at radius 1 is 1.15 bits per heavy atom. The molecule has 2 N–H and O–H groups in total. The van der Waals surface area contributed by atoms with Crippen molar-refractivity contribution in [2.75, 3.05) is 6.54 Å². The molecule has 208 valence electrons. The second-order valence-corrected chi connectivity index (χ2v) is 11.8. The summed E-state index contributed by atoms with van der Waals surface area (Å²) >= 11 is 0. The van der Waals surface area contributed by atoms with Crippen LogP contribution >= 0.6 is 0 Å². The molecular weight excluding hydrogens is 499 g/mol. The van der Waals surface area contributed by atoms with Gasteiger partial charge in [-0.15, -0.1) is 0 Å². The number of nitrogens with zero attached hydrogens (tertiary/aromatic N) is 1. The van der Waals surface area contributed by atoms with Crippen molar-refractivity contribution in [3.8, 4) is 0 Å². The van der Waals surface area contributed by atoms with E-state index in [1.807, 2.05) is 0 Å². The highest BCUT2D eigenvalue weighted by atomic mass is 19.1. The van der Waals surface area contributed by atoms with E-state index in [9.17, 15) is 14.0 Å². The van der Waals surface area contributed by atoms with Crippen LogP contribution in [0.25, 0.3) is 6.08 Å². The summed E-state index contributed by atoms with van der Waals surface area (Å²) in [5.41, 5.74) is 1.29. The van der Waals surface area contributed by atoms with E-state index in [4.69, 9.17) is 14.3 Å². The third-order valence-corrected chi connectivity index (χ3v) is 9.58. The maximum absolute atomic E-state index is 14.2. The van der Waals surface area contributed by atoms with Crippen LogP contribution in [0.5, 0.6) is 0 Å². The fourth-order valence-electron chi connectivity index (χ4n) is 7.76. The minimum absolute atomic E-state index is 0.0431. The van der Waals surface area contributed by atoms with E-state index in [2.05, 4.69) is 10.3 Å². The number of hydrogen-bond donors (Lipinski definition) is 2. The summed E-state index contributed by atoms with van der Waals surface area (Å²) in [6.45, 7) is 0.629. The number of hydrogen-bond acceptors (Lipinski definition) is 5. The van der Waals surface area contributed by atoms with Gasteiger partial charge in [0.05, 0.1) is 17.6 Å². The summed E-state index contributed by atoms with van der Waals surface area (Å²) in [5.74, 6) is 0.0693. The maximum atomic E-state index is 14.2. The van der Waals surface area contributed by atoms with E-state index in [-0.39, 0.29) is 41.5 Å². The predicted octanol–water partition coefficient (Wildman–Crippen LogP) is 5.68. The van der Waals surface area contributed by atoms with Crippen molar-refractivity contribution < 1.29 is 28.2 Å². The van der Waals surface area contributed by atoms with Gasteiger partial charge in [0, 0.05) is 18.5 Å². The van der Waals surface area contributed by atoms with Crippen molar-refractivity contribution in [1.29, 1.82) is 0 Å². The lowest BCUT2D eigenvalue weighted by Crippen LogP contribution is -2.28. The molecule has 2 saturated carbocycles. The Morgan fingerprint density at radius 2 is 2.00 bits per heavy atom. The monoisotopic (exact) mass is 536 g/mol. The second-order valence-electron chi connectivity index (χ2n) is 11.8. The number of aromatic nitrogens is 1. The van der Waals surface area contributed by atoms with Gasteiger partial charge < -0.3 is 19.6 Å². The number of unbranched alkanes of at least 4 members (excludes halogenated alkanes) is 1. The second kappa shape index (κ2) is 10.9. The molecule has 2 aliphatic heterocycles. The van der Waals surface area contributed by atoms with Crippen LogP contribution in [0.2, 0.25) is 0 Å². The SMILES string of the molecule is O=C(O)/C=C/c1ccc(F)cc1CC1C2C3CCC(O3)C12c1nc(C(=O)NCCCCC2CCCCC2)co1. The quantitative estimate of drug-likeness (QED) is 0.283. The first-order chi connectivity index (χ1) is 19.0. The molecular formula is C31H37FN2O5. The molecule has 1 aromatic heterocycles. The fourth-order valence-corrected chi connectivity index (χ4v) is 7.76. The van der Waals surface area contributed by atoms with E-state index < -0.39 is 11.4 Å². The number of carbonyl (C=O) groups is 2. The molecule has 3 heterocycles. The van der Waals surface area contributed by atoms with Gasteiger partial charge in [-0.05, 0) is 66.9 Å². The molecule has 1 amide bonds. The van der Waals surface area contributed by atoms with Crippen LogP contribution in [0.4, 0.5) is 4.39 Å². The summed E-state index contributed by atoms with van der Waals surface area (Å²) < 4.78 is 26.4. The standard InChI is InChI=1S/C31H37FN2O5/c32-22-11-9-20(10-14-27(35)36)21(16-22)17-23-28-25-12-13-26(39-25)31(23,28)30-34-24(18-38-30)29(37)33-15-5-4-8-19-6-2-1-3-7-19/h9-11,14,16,18-19,23,25-26,28H,1-8,12-13,15,17H2,(H,33,37)(H,35,36)/b14-10+. The van der Waals surface area contributed by atoms with Gasteiger partial charge in [0.1, 0.15) is 12.1 Å². The van der Waals surface area contributed by atoms with Gasteiger partial charge in [0.25, 0.3) is 5.91 Å². The molecule has 7 nitrogen and oxygen atoms in total. The number of oxazole rings is 1. The average Bonchev–Trinajstić information content (AvgIpc) is 3.36. The van der Waals surface area contributed by atoms with E-state index in [0.717, 1.165) is 43.2 Å². The number of aliphatic carboxylic acids is 1. The molecule has 0 spiro atoms. The zero-order valence-electron chi connectivity index (χ0n) is 22.2. The van der Waals surface area contributed by atoms with Crippen molar-refractivity contribution >= 4 is 18.0 Å². The van der Waals surface area contributed by atoms with Gasteiger partial charge >= 0.3 is 5.97 Å². The minimum Gasteiger partial charge on any atom is -0.478 e. The third-order valence-electron chi connectivity index (χ3n) is 9.58. The number of halogens is 1. The van der Waals surface area contributed by atoms with Crippen molar-refractivity contribution in [2.24, 2.45) is 17.8 Å². The molecule has 6 rings (SSSR count). The Morgan fingerprint density at radius 3 is 2.82 bits per heavy atom. The Bertz CT molecular complexity index is 1250. The normalized spacial score (nSPS) is 29.6. The number of benzene rings is 1. The molecule has 2 aliphatic carbocycles. The summed E-state index contributed by atoms with van der Waals surface area (Å²) in [6, 6.07) is 4.44. The van der Waals surface area contributed by atoms with Crippen molar-refractivity contribution in [1.82, 2.24) is 10.3 Å². The van der Waals surface area contributed by atoms with Crippen molar-refractivity contribution in [2.45, 2.75) is 88.3 Å². The first-order valence-corrected chi connectivity index (χ1v) is 14.6. The smallest absolute Gasteiger partial charge is 0.328 e. The van der Waals surface area contributed by atoms with E-state index in [1.165, 1.54) is 63.0 Å². The molecule has 4 aliphatic rings. The number of nitrogens with one attached hydrogen (secondary N) is 1. The molecule has 39 heavy (non-hydrogen) atoms. The number of fused-ring (bicyclic) bond motifs is 5. The lowest BCUT2D eigenvalue weighted by molar-refractivity contribution is -0.131.